The van der Waals surface area contributed by atoms with Gasteiger partial charge in [-0.15, -0.1) is 11.8 Å². The van der Waals surface area contributed by atoms with Crippen molar-refractivity contribution in [3.63, 3.8) is 0 Å². The van der Waals surface area contributed by atoms with Gasteiger partial charge in [0.05, 0.1) is 17.2 Å². The molecule has 0 bridgehead atoms. The molecular formula is C9H11NO3S. The van der Waals surface area contributed by atoms with Crippen molar-refractivity contribution in [2.45, 2.75) is 17.2 Å². The average Bonchev–Trinajstić information content (AvgIpc) is 2.18. The molecule has 0 amide bonds. The second-order valence-corrected chi connectivity index (χ2v) is 4.26. The van der Waals surface area contributed by atoms with E-state index in [-0.39, 0.29) is 17.4 Å². The Morgan fingerprint density at radius 3 is 3.00 bits per heavy atom. The van der Waals surface area contributed by atoms with Crippen molar-refractivity contribution >= 4 is 17.7 Å². The molecule has 76 valence electrons. The molecule has 1 aromatic rings. The fraction of sp³-hybridized carbons (Fsp3) is 0.333. The fourth-order valence-electron chi connectivity index (χ4n) is 0.850. The number of hydrogen-bond acceptors (Lipinski definition) is 4. The van der Waals surface area contributed by atoms with Gasteiger partial charge in [0.1, 0.15) is 0 Å². The van der Waals surface area contributed by atoms with E-state index in [1.807, 2.05) is 6.92 Å². The Morgan fingerprint density at radius 2 is 2.43 bits per heavy atom. The van der Waals surface area contributed by atoms with Gasteiger partial charge in [-0.3, -0.25) is 0 Å². The molecule has 0 aliphatic rings. The van der Waals surface area contributed by atoms with Crippen LogP contribution in [0.2, 0.25) is 0 Å². The Kier molecular flexibility index (Phi) is 3.91. The average molecular weight is 213 g/mol. The lowest BCUT2D eigenvalue weighted by Gasteiger charge is -2.06. The third-order valence-corrected chi connectivity index (χ3v) is 2.58. The maximum Gasteiger partial charge on any atom is 0.335 e. The van der Waals surface area contributed by atoms with Gasteiger partial charge < -0.3 is 10.2 Å². The standard InChI is InChI=1S/C9H11NO3S/c1-6(5-11)14-8-4-7(9(12)13)2-3-10-8/h2-4,6,11H,5H2,1H3,(H,12,13). The van der Waals surface area contributed by atoms with E-state index in [2.05, 4.69) is 4.98 Å². The zero-order valence-corrected chi connectivity index (χ0v) is 8.49. The first-order valence-electron chi connectivity index (χ1n) is 4.10. The van der Waals surface area contributed by atoms with Crippen LogP contribution in [0, 0.1) is 0 Å². The summed E-state index contributed by atoms with van der Waals surface area (Å²) in [6.45, 7) is 1.89. The smallest absolute Gasteiger partial charge is 0.335 e. The number of aliphatic hydroxyl groups is 1. The molecule has 4 nitrogen and oxygen atoms in total. The number of thioether (sulfide) groups is 1. The topological polar surface area (TPSA) is 70.4 Å². The highest BCUT2D eigenvalue weighted by Gasteiger charge is 2.07. The van der Waals surface area contributed by atoms with Crippen molar-refractivity contribution < 1.29 is 15.0 Å². The quantitative estimate of drug-likeness (QED) is 0.737. The predicted molar refractivity (Wildman–Crippen MR) is 53.6 cm³/mol. The van der Waals surface area contributed by atoms with Crippen molar-refractivity contribution in [2.24, 2.45) is 0 Å². The summed E-state index contributed by atoms with van der Waals surface area (Å²) in [4.78, 5) is 14.6. The molecule has 5 heteroatoms. The number of nitrogens with zero attached hydrogens (tertiary/aromatic N) is 1. The number of rotatable bonds is 4. The molecule has 0 saturated carbocycles. The largest absolute Gasteiger partial charge is 0.478 e. The zero-order chi connectivity index (χ0) is 10.6. The summed E-state index contributed by atoms with van der Waals surface area (Å²) in [5, 5.41) is 18.2. The maximum absolute atomic E-state index is 10.6. The van der Waals surface area contributed by atoms with Gasteiger partial charge in [-0.05, 0) is 12.1 Å². The molecule has 0 aliphatic carbocycles. The maximum atomic E-state index is 10.6. The van der Waals surface area contributed by atoms with Crippen LogP contribution in [0.5, 0.6) is 0 Å². The highest BCUT2D eigenvalue weighted by Crippen LogP contribution is 2.21. The molecule has 0 fully saturated rings. The van der Waals surface area contributed by atoms with E-state index in [0.29, 0.717) is 5.03 Å². The van der Waals surface area contributed by atoms with Crippen LogP contribution >= 0.6 is 11.8 Å². The number of aliphatic hydroxyl groups excluding tert-OH is 1. The van der Waals surface area contributed by atoms with Crippen LogP contribution in [0.1, 0.15) is 17.3 Å². The monoisotopic (exact) mass is 213 g/mol. The molecule has 1 atom stereocenters. The van der Waals surface area contributed by atoms with Gasteiger partial charge in [-0.2, -0.15) is 0 Å². The van der Waals surface area contributed by atoms with Gasteiger partial charge in [-0.1, -0.05) is 6.92 Å². The number of pyridine rings is 1. The van der Waals surface area contributed by atoms with Crippen molar-refractivity contribution in [1.82, 2.24) is 4.98 Å². The summed E-state index contributed by atoms with van der Waals surface area (Å²) in [6.07, 6.45) is 1.45. The Bertz CT molecular complexity index is 330. The zero-order valence-electron chi connectivity index (χ0n) is 7.67. The van der Waals surface area contributed by atoms with E-state index in [1.54, 1.807) is 0 Å². The van der Waals surface area contributed by atoms with Gasteiger partial charge in [0.2, 0.25) is 0 Å². The van der Waals surface area contributed by atoms with Crippen molar-refractivity contribution in [1.29, 1.82) is 0 Å². The molecule has 0 spiro atoms. The number of aromatic carboxylic acids is 1. The third-order valence-electron chi connectivity index (χ3n) is 1.56. The Balaban J connectivity index is 2.78. The Labute approximate surface area is 86.0 Å². The van der Waals surface area contributed by atoms with E-state index in [4.69, 9.17) is 10.2 Å². The number of carboxylic acids is 1. The van der Waals surface area contributed by atoms with Gasteiger partial charge in [0.25, 0.3) is 0 Å². The second kappa shape index (κ2) is 4.97. The van der Waals surface area contributed by atoms with E-state index in [9.17, 15) is 4.79 Å². The molecule has 0 radical (unpaired) electrons. The van der Waals surface area contributed by atoms with Crippen LogP contribution < -0.4 is 0 Å². The summed E-state index contributed by atoms with van der Waals surface area (Å²) in [6, 6.07) is 2.94. The molecule has 2 N–H and O–H groups in total. The van der Waals surface area contributed by atoms with Gasteiger partial charge in [-0.25, -0.2) is 9.78 Å². The van der Waals surface area contributed by atoms with E-state index >= 15 is 0 Å². The van der Waals surface area contributed by atoms with Gasteiger partial charge in [0.15, 0.2) is 0 Å². The van der Waals surface area contributed by atoms with Gasteiger partial charge >= 0.3 is 5.97 Å². The summed E-state index contributed by atoms with van der Waals surface area (Å²) >= 11 is 1.35. The lowest BCUT2D eigenvalue weighted by atomic mass is 10.3. The second-order valence-electron chi connectivity index (χ2n) is 2.80. The van der Waals surface area contributed by atoms with E-state index < -0.39 is 5.97 Å². The first-order valence-corrected chi connectivity index (χ1v) is 4.98. The molecular weight excluding hydrogens is 202 g/mol. The number of hydrogen-bond donors (Lipinski definition) is 2. The molecule has 0 aliphatic heterocycles. The minimum Gasteiger partial charge on any atom is -0.478 e. The number of carboxylic acid groups (broad SMARTS) is 1. The summed E-state index contributed by atoms with van der Waals surface area (Å²) in [5.74, 6) is -0.967. The molecule has 14 heavy (non-hydrogen) atoms. The molecule has 0 aromatic carbocycles. The van der Waals surface area contributed by atoms with Crippen molar-refractivity contribution in [3.05, 3.63) is 23.9 Å². The van der Waals surface area contributed by atoms with Crippen LogP contribution in [0.25, 0.3) is 0 Å². The van der Waals surface area contributed by atoms with Crippen molar-refractivity contribution in [3.8, 4) is 0 Å². The van der Waals surface area contributed by atoms with Crippen LogP contribution in [0.3, 0.4) is 0 Å². The van der Waals surface area contributed by atoms with Crippen LogP contribution in [-0.2, 0) is 0 Å². The van der Waals surface area contributed by atoms with Crippen LogP contribution in [0.15, 0.2) is 23.4 Å². The molecule has 1 unspecified atom stereocenters. The van der Waals surface area contributed by atoms with Crippen molar-refractivity contribution in [2.75, 3.05) is 6.61 Å². The van der Waals surface area contributed by atoms with Crippen LogP contribution in [0.4, 0.5) is 0 Å². The minimum atomic E-state index is -0.967. The summed E-state index contributed by atoms with van der Waals surface area (Å²) in [7, 11) is 0. The number of carbonyl (C=O) groups is 1. The summed E-state index contributed by atoms with van der Waals surface area (Å²) in [5.41, 5.74) is 0.215. The minimum absolute atomic E-state index is 0.0199. The van der Waals surface area contributed by atoms with E-state index in [0.717, 1.165) is 0 Å². The lowest BCUT2D eigenvalue weighted by molar-refractivity contribution is 0.0696. The lowest BCUT2D eigenvalue weighted by Crippen LogP contribution is -2.03. The molecule has 0 saturated heterocycles. The molecule has 1 aromatic heterocycles. The van der Waals surface area contributed by atoms with Gasteiger partial charge in [0, 0.05) is 11.4 Å². The van der Waals surface area contributed by atoms with E-state index in [1.165, 1.54) is 30.1 Å². The highest BCUT2D eigenvalue weighted by atomic mass is 32.2. The SMILES string of the molecule is CC(CO)Sc1cc(C(=O)O)ccn1. The Morgan fingerprint density at radius 1 is 1.71 bits per heavy atom. The molecule has 1 heterocycles. The number of aromatic nitrogens is 1. The summed E-state index contributed by atoms with van der Waals surface area (Å²) < 4.78 is 0. The van der Waals surface area contributed by atoms with Crippen LogP contribution in [-0.4, -0.2) is 33.0 Å². The fourth-order valence-corrected chi connectivity index (χ4v) is 1.65. The Hall–Kier alpha value is -1.07. The third kappa shape index (κ3) is 3.01. The normalized spacial score (nSPS) is 12.4. The molecule has 1 rings (SSSR count). The highest BCUT2D eigenvalue weighted by molar-refractivity contribution is 7.99. The predicted octanol–water partition coefficient (Wildman–Crippen LogP) is 1.25. The first-order chi connectivity index (χ1) is 6.63. The first kappa shape index (κ1) is 11.0.